The zero-order valence-corrected chi connectivity index (χ0v) is 16.0. The van der Waals surface area contributed by atoms with Crippen molar-refractivity contribution in [2.75, 3.05) is 11.9 Å². The molecule has 140 valence electrons. The number of nitrogens with one attached hydrogen (secondary N) is 2. The molecule has 0 atom stereocenters. The molecule has 0 aromatic heterocycles. The molecule has 0 bridgehead atoms. The van der Waals surface area contributed by atoms with Gasteiger partial charge in [0.1, 0.15) is 0 Å². The molecule has 0 saturated heterocycles. The van der Waals surface area contributed by atoms with Gasteiger partial charge in [0.05, 0.1) is 5.41 Å². The lowest BCUT2D eigenvalue weighted by atomic mass is 9.81. The second kappa shape index (κ2) is 9.78. The molecule has 0 radical (unpaired) electrons. The van der Waals surface area contributed by atoms with Crippen molar-refractivity contribution >= 4 is 29.9 Å². The van der Waals surface area contributed by atoms with Crippen molar-refractivity contribution in [1.82, 2.24) is 5.32 Å². The Kier molecular flexibility index (Phi) is 8.39. The van der Waals surface area contributed by atoms with Crippen LogP contribution in [0.1, 0.15) is 62.7 Å². The van der Waals surface area contributed by atoms with Gasteiger partial charge >= 0.3 is 0 Å². The predicted octanol–water partition coefficient (Wildman–Crippen LogP) is 3.48. The Morgan fingerprint density at radius 2 is 1.68 bits per heavy atom. The summed E-state index contributed by atoms with van der Waals surface area (Å²) in [7, 11) is 0. The van der Waals surface area contributed by atoms with E-state index in [1.54, 1.807) is 24.3 Å². The van der Waals surface area contributed by atoms with Gasteiger partial charge in [0.15, 0.2) is 0 Å². The molecule has 1 aromatic rings. The number of carbonyl (C=O) groups is 2. The Labute approximate surface area is 156 Å². The van der Waals surface area contributed by atoms with Crippen LogP contribution in [0.4, 0.5) is 5.69 Å². The van der Waals surface area contributed by atoms with Crippen LogP contribution < -0.4 is 16.4 Å². The summed E-state index contributed by atoms with van der Waals surface area (Å²) >= 11 is 0. The maximum Gasteiger partial charge on any atom is 0.251 e. The first-order chi connectivity index (χ1) is 11.5. The molecule has 1 saturated carbocycles. The fraction of sp³-hybridized carbons (Fsp3) is 0.579. The molecule has 0 heterocycles. The highest BCUT2D eigenvalue weighted by atomic mass is 35.5. The average Bonchev–Trinajstić information content (AvgIpc) is 3.10. The molecule has 1 aliphatic rings. The van der Waals surface area contributed by atoms with Gasteiger partial charge in [-0.1, -0.05) is 26.7 Å². The first kappa shape index (κ1) is 21.5. The maximum atomic E-state index is 12.5. The number of benzene rings is 1. The van der Waals surface area contributed by atoms with Crippen LogP contribution in [0.25, 0.3) is 0 Å². The third kappa shape index (κ3) is 5.19. The standard InChI is InChI=1S/C19H29N3O2.ClH/c1-3-19(4-2,13-20)18(24)22-16-11-9-14(10-12-16)17(23)21-15-7-5-6-8-15;/h9-12,15H,3-8,13,20H2,1-2H3,(H,21,23)(H,22,24);1H. The van der Waals surface area contributed by atoms with E-state index in [0.717, 1.165) is 12.8 Å². The van der Waals surface area contributed by atoms with Gasteiger partial charge in [0.2, 0.25) is 5.91 Å². The monoisotopic (exact) mass is 367 g/mol. The topological polar surface area (TPSA) is 84.2 Å². The Morgan fingerprint density at radius 1 is 1.12 bits per heavy atom. The Balaban J connectivity index is 0.00000312. The van der Waals surface area contributed by atoms with Gasteiger partial charge in [-0.15, -0.1) is 12.4 Å². The SMILES string of the molecule is CCC(CC)(CN)C(=O)Nc1ccc(C(=O)NC2CCCC2)cc1.Cl. The lowest BCUT2D eigenvalue weighted by molar-refractivity contribution is -0.125. The van der Waals surface area contributed by atoms with E-state index >= 15 is 0 Å². The predicted molar refractivity (Wildman–Crippen MR) is 104 cm³/mol. The molecule has 1 fully saturated rings. The first-order valence-corrected chi connectivity index (χ1v) is 8.97. The van der Waals surface area contributed by atoms with E-state index in [4.69, 9.17) is 5.73 Å². The normalized spacial score (nSPS) is 14.7. The van der Waals surface area contributed by atoms with Crippen molar-refractivity contribution in [2.45, 2.75) is 58.4 Å². The number of carbonyl (C=O) groups excluding carboxylic acids is 2. The van der Waals surface area contributed by atoms with Crippen LogP contribution >= 0.6 is 12.4 Å². The molecule has 2 rings (SSSR count). The molecule has 0 spiro atoms. The molecule has 1 aromatic carbocycles. The number of hydrogen-bond acceptors (Lipinski definition) is 3. The van der Waals surface area contributed by atoms with Crippen LogP contribution in [-0.2, 0) is 4.79 Å². The summed E-state index contributed by atoms with van der Waals surface area (Å²) in [5, 5.41) is 5.99. The Morgan fingerprint density at radius 3 is 2.16 bits per heavy atom. The summed E-state index contributed by atoms with van der Waals surface area (Å²) in [6, 6.07) is 7.35. The van der Waals surface area contributed by atoms with Gasteiger partial charge in [-0.2, -0.15) is 0 Å². The van der Waals surface area contributed by atoms with Crippen molar-refractivity contribution < 1.29 is 9.59 Å². The van der Waals surface area contributed by atoms with Gasteiger partial charge in [-0.05, 0) is 49.9 Å². The van der Waals surface area contributed by atoms with E-state index < -0.39 is 5.41 Å². The highest BCUT2D eigenvalue weighted by Crippen LogP contribution is 2.27. The van der Waals surface area contributed by atoms with E-state index in [1.807, 2.05) is 13.8 Å². The minimum Gasteiger partial charge on any atom is -0.349 e. The third-order valence-electron chi connectivity index (χ3n) is 5.32. The van der Waals surface area contributed by atoms with E-state index in [1.165, 1.54) is 12.8 Å². The fourth-order valence-corrected chi connectivity index (χ4v) is 3.26. The molecule has 5 nitrogen and oxygen atoms in total. The largest absolute Gasteiger partial charge is 0.349 e. The van der Waals surface area contributed by atoms with Gasteiger partial charge in [0, 0.05) is 23.8 Å². The number of hydrogen-bond donors (Lipinski definition) is 3. The van der Waals surface area contributed by atoms with Crippen molar-refractivity contribution in [1.29, 1.82) is 0 Å². The number of amides is 2. The highest BCUT2D eigenvalue weighted by Gasteiger charge is 2.33. The maximum absolute atomic E-state index is 12.5. The van der Waals surface area contributed by atoms with Crippen molar-refractivity contribution in [2.24, 2.45) is 11.1 Å². The quantitative estimate of drug-likeness (QED) is 0.689. The Hall–Kier alpha value is -1.59. The summed E-state index contributed by atoms with van der Waals surface area (Å²) in [4.78, 5) is 24.7. The van der Waals surface area contributed by atoms with Crippen LogP contribution in [0.15, 0.2) is 24.3 Å². The molecular formula is C19H30ClN3O2. The van der Waals surface area contributed by atoms with Crippen molar-refractivity contribution in [3.8, 4) is 0 Å². The van der Waals surface area contributed by atoms with Gasteiger partial charge in [-0.25, -0.2) is 0 Å². The summed E-state index contributed by atoms with van der Waals surface area (Å²) in [5.41, 5.74) is 6.60. The summed E-state index contributed by atoms with van der Waals surface area (Å²) in [6.07, 6.45) is 5.91. The van der Waals surface area contributed by atoms with Crippen LogP contribution in [0.3, 0.4) is 0 Å². The number of nitrogens with two attached hydrogens (primary N) is 1. The van der Waals surface area contributed by atoms with Crippen molar-refractivity contribution in [3.05, 3.63) is 29.8 Å². The van der Waals surface area contributed by atoms with E-state index in [-0.39, 0.29) is 24.2 Å². The zero-order valence-electron chi connectivity index (χ0n) is 15.1. The van der Waals surface area contributed by atoms with Crippen LogP contribution in [0, 0.1) is 5.41 Å². The van der Waals surface area contributed by atoms with Gasteiger partial charge in [-0.3, -0.25) is 9.59 Å². The molecular weight excluding hydrogens is 338 g/mol. The molecule has 25 heavy (non-hydrogen) atoms. The van der Waals surface area contributed by atoms with Crippen molar-refractivity contribution in [3.63, 3.8) is 0 Å². The minimum atomic E-state index is -0.529. The van der Waals surface area contributed by atoms with E-state index in [2.05, 4.69) is 10.6 Å². The van der Waals surface area contributed by atoms with Crippen LogP contribution in [0.2, 0.25) is 0 Å². The second-order valence-corrected chi connectivity index (χ2v) is 6.68. The molecule has 0 aliphatic heterocycles. The first-order valence-electron chi connectivity index (χ1n) is 8.97. The van der Waals surface area contributed by atoms with Gasteiger partial charge in [0.25, 0.3) is 5.91 Å². The zero-order chi connectivity index (χ0) is 17.6. The van der Waals surface area contributed by atoms with E-state index in [9.17, 15) is 9.59 Å². The smallest absolute Gasteiger partial charge is 0.251 e. The Bertz CT molecular complexity index is 556. The molecule has 1 aliphatic carbocycles. The number of halogens is 1. The lowest BCUT2D eigenvalue weighted by Crippen LogP contribution is -2.41. The summed E-state index contributed by atoms with van der Waals surface area (Å²) in [6.45, 7) is 4.28. The molecule has 6 heteroatoms. The third-order valence-corrected chi connectivity index (χ3v) is 5.32. The molecule has 2 amide bonds. The fourth-order valence-electron chi connectivity index (χ4n) is 3.26. The lowest BCUT2D eigenvalue weighted by Gasteiger charge is -2.28. The second-order valence-electron chi connectivity index (χ2n) is 6.68. The summed E-state index contributed by atoms with van der Waals surface area (Å²) in [5.74, 6) is -0.101. The average molecular weight is 368 g/mol. The number of rotatable bonds is 7. The van der Waals surface area contributed by atoms with Crippen LogP contribution in [0.5, 0.6) is 0 Å². The van der Waals surface area contributed by atoms with Crippen LogP contribution in [-0.4, -0.2) is 24.4 Å². The van der Waals surface area contributed by atoms with Gasteiger partial charge < -0.3 is 16.4 Å². The number of anilines is 1. The minimum absolute atomic E-state index is 0. The molecule has 0 unspecified atom stereocenters. The highest BCUT2D eigenvalue weighted by molar-refractivity contribution is 5.97. The summed E-state index contributed by atoms with van der Waals surface area (Å²) < 4.78 is 0. The molecule has 4 N–H and O–H groups in total. The van der Waals surface area contributed by atoms with E-state index in [0.29, 0.717) is 36.7 Å².